The highest BCUT2D eigenvalue weighted by Crippen LogP contribution is 1.97. The van der Waals surface area contributed by atoms with Gasteiger partial charge in [-0.05, 0) is 18.9 Å². The van der Waals surface area contributed by atoms with Crippen molar-refractivity contribution in [3.05, 3.63) is 30.1 Å². The van der Waals surface area contributed by atoms with Gasteiger partial charge in [0.15, 0.2) is 12.4 Å². The summed E-state index contributed by atoms with van der Waals surface area (Å²) in [4.78, 5) is 8.89. The van der Waals surface area contributed by atoms with E-state index in [-0.39, 0.29) is 0 Å². The van der Waals surface area contributed by atoms with Crippen LogP contribution in [0.15, 0.2) is 24.5 Å². The molecule has 0 aliphatic rings. The number of carbonyl (C=O) groups is 1. The summed E-state index contributed by atoms with van der Waals surface area (Å²) in [6.45, 7) is 3.17. The van der Waals surface area contributed by atoms with Gasteiger partial charge in [0.1, 0.15) is 7.05 Å². The minimum atomic E-state index is -1.08. The molecule has 0 amide bonds. The summed E-state index contributed by atoms with van der Waals surface area (Å²) in [7, 11) is 2.04. The molecule has 1 aromatic heterocycles. The monoisotopic (exact) mass is 195 g/mol. The van der Waals surface area contributed by atoms with Gasteiger partial charge in [-0.15, -0.1) is 0 Å². The van der Waals surface area contributed by atoms with Crippen molar-refractivity contribution in [1.82, 2.24) is 0 Å². The van der Waals surface area contributed by atoms with Crippen molar-refractivity contribution in [3.8, 4) is 0 Å². The Balaban J connectivity index is 0.000000364. The van der Waals surface area contributed by atoms with Crippen molar-refractivity contribution >= 4 is 5.97 Å². The van der Waals surface area contributed by atoms with Crippen LogP contribution in [-0.2, 0) is 18.3 Å². The first kappa shape index (κ1) is 12.6. The first-order valence-electron chi connectivity index (χ1n) is 4.68. The predicted octanol–water partition coefficient (Wildman–Crippen LogP) is 0.220. The van der Waals surface area contributed by atoms with E-state index in [1.807, 2.05) is 7.05 Å². The van der Waals surface area contributed by atoms with E-state index in [9.17, 15) is 0 Å². The summed E-state index contributed by atoms with van der Waals surface area (Å²) in [5, 5.41) is 8.89. The Kier molecular flexibility index (Phi) is 6.37. The lowest BCUT2D eigenvalue weighted by molar-refractivity contribution is -0.671. The maximum atomic E-state index is 8.89. The highest BCUT2D eigenvalue weighted by molar-refractivity contribution is 5.60. The van der Waals surface area contributed by atoms with Crippen LogP contribution in [0.3, 0.4) is 0 Å². The second kappa shape index (κ2) is 7.06. The summed E-state index contributed by atoms with van der Waals surface area (Å²) in [6.07, 6.45) is 6.60. The third kappa shape index (κ3) is 7.28. The van der Waals surface area contributed by atoms with E-state index in [1.165, 1.54) is 18.4 Å². The number of hydrogen-bond acceptors (Lipinski definition) is 2. The zero-order chi connectivity index (χ0) is 11.0. The fourth-order valence-corrected chi connectivity index (χ4v) is 0.987. The molecule has 3 heteroatoms. The van der Waals surface area contributed by atoms with Gasteiger partial charge in [-0.3, -0.25) is 0 Å². The maximum absolute atomic E-state index is 8.89. The fraction of sp³-hybridized carbons (Fsp3) is 0.455. The molecule has 0 saturated heterocycles. The molecule has 0 atom stereocenters. The Bertz CT molecular complexity index is 263. The molecule has 0 aromatic carbocycles. The number of pyridine rings is 1. The molecule has 78 valence electrons. The first-order chi connectivity index (χ1) is 6.56. The molecule has 0 aliphatic heterocycles. The van der Waals surface area contributed by atoms with Crippen LogP contribution in [0.25, 0.3) is 0 Å². The summed E-state index contributed by atoms with van der Waals surface area (Å²) in [5.41, 5.74) is 1.43. The Morgan fingerprint density at radius 3 is 2.21 bits per heavy atom. The normalized spacial score (nSPS) is 8.79. The molecular weight excluding hydrogens is 178 g/mol. The number of carbonyl (C=O) groups excluding carboxylic acids is 1. The standard InChI is InChI=1S/C9H14N.C2H4O2/c1-3-4-9-5-7-10(2)8-6-9;1-2(3)4/h5-8H,3-4H2,1-2H3;1H3,(H,3,4)/q+1;/p-1. The number of carboxylic acids is 1. The first-order valence-corrected chi connectivity index (χ1v) is 4.68. The van der Waals surface area contributed by atoms with Gasteiger partial charge in [0.2, 0.25) is 0 Å². The second-order valence-corrected chi connectivity index (χ2v) is 3.11. The van der Waals surface area contributed by atoms with Crippen molar-refractivity contribution in [2.45, 2.75) is 26.7 Å². The van der Waals surface area contributed by atoms with Crippen molar-refractivity contribution in [3.63, 3.8) is 0 Å². The van der Waals surface area contributed by atoms with Gasteiger partial charge in [0.25, 0.3) is 0 Å². The number of aliphatic carboxylic acids is 1. The predicted molar refractivity (Wildman–Crippen MR) is 52.3 cm³/mol. The van der Waals surface area contributed by atoms with E-state index in [2.05, 4.69) is 36.0 Å². The molecule has 14 heavy (non-hydrogen) atoms. The minimum Gasteiger partial charge on any atom is -0.550 e. The van der Waals surface area contributed by atoms with E-state index in [0.29, 0.717) is 0 Å². The van der Waals surface area contributed by atoms with E-state index in [4.69, 9.17) is 9.90 Å². The summed E-state index contributed by atoms with van der Waals surface area (Å²) in [6, 6.07) is 4.34. The van der Waals surface area contributed by atoms with E-state index < -0.39 is 5.97 Å². The number of carboxylic acid groups (broad SMARTS) is 1. The van der Waals surface area contributed by atoms with E-state index >= 15 is 0 Å². The number of hydrogen-bond donors (Lipinski definition) is 0. The Morgan fingerprint density at radius 2 is 1.86 bits per heavy atom. The lowest BCUT2D eigenvalue weighted by Gasteiger charge is -1.93. The van der Waals surface area contributed by atoms with Crippen LogP contribution in [0.1, 0.15) is 25.8 Å². The number of aromatic nitrogens is 1. The summed E-state index contributed by atoms with van der Waals surface area (Å²) >= 11 is 0. The van der Waals surface area contributed by atoms with Gasteiger partial charge in [-0.1, -0.05) is 13.3 Å². The quantitative estimate of drug-likeness (QED) is 0.634. The van der Waals surface area contributed by atoms with E-state index in [1.54, 1.807) is 0 Å². The largest absolute Gasteiger partial charge is 0.550 e. The molecule has 0 N–H and O–H groups in total. The lowest BCUT2D eigenvalue weighted by atomic mass is 10.2. The summed E-state index contributed by atoms with van der Waals surface area (Å²) in [5.74, 6) is -1.08. The van der Waals surface area contributed by atoms with Gasteiger partial charge in [-0.25, -0.2) is 4.57 Å². The van der Waals surface area contributed by atoms with Crippen molar-refractivity contribution < 1.29 is 14.5 Å². The third-order valence-electron chi connectivity index (χ3n) is 1.59. The van der Waals surface area contributed by atoms with E-state index in [0.717, 1.165) is 6.92 Å². The zero-order valence-electron chi connectivity index (χ0n) is 8.99. The van der Waals surface area contributed by atoms with Crippen molar-refractivity contribution in [1.29, 1.82) is 0 Å². The van der Waals surface area contributed by atoms with Crippen LogP contribution in [0.5, 0.6) is 0 Å². The number of nitrogens with zero attached hydrogens (tertiary/aromatic N) is 1. The second-order valence-electron chi connectivity index (χ2n) is 3.11. The van der Waals surface area contributed by atoms with Gasteiger partial charge in [0, 0.05) is 18.1 Å². The van der Waals surface area contributed by atoms with Crippen LogP contribution in [0.4, 0.5) is 0 Å². The highest BCUT2D eigenvalue weighted by atomic mass is 16.4. The van der Waals surface area contributed by atoms with Crippen LogP contribution in [0.2, 0.25) is 0 Å². The molecule has 0 unspecified atom stereocenters. The Hall–Kier alpha value is -1.38. The average Bonchev–Trinajstić information content (AvgIpc) is 2.08. The molecule has 1 rings (SSSR count). The van der Waals surface area contributed by atoms with Crippen LogP contribution in [-0.4, -0.2) is 5.97 Å². The molecule has 3 nitrogen and oxygen atoms in total. The molecule has 0 fully saturated rings. The number of aryl methyl sites for hydroxylation is 2. The number of rotatable bonds is 2. The minimum absolute atomic E-state index is 0.972. The Labute approximate surface area is 85.0 Å². The average molecular weight is 195 g/mol. The lowest BCUT2D eigenvalue weighted by Crippen LogP contribution is -2.25. The van der Waals surface area contributed by atoms with Crippen molar-refractivity contribution in [2.75, 3.05) is 0 Å². The topological polar surface area (TPSA) is 44.0 Å². The van der Waals surface area contributed by atoms with Gasteiger partial charge in [-0.2, -0.15) is 0 Å². The van der Waals surface area contributed by atoms with Crippen LogP contribution in [0, 0.1) is 0 Å². The summed E-state index contributed by atoms with van der Waals surface area (Å²) < 4.78 is 2.05. The fourth-order valence-electron chi connectivity index (χ4n) is 0.987. The Morgan fingerprint density at radius 1 is 1.43 bits per heavy atom. The zero-order valence-corrected chi connectivity index (χ0v) is 8.99. The SMILES string of the molecule is CC(=O)[O-].CCCc1cc[n+](C)cc1. The molecule has 0 bridgehead atoms. The van der Waals surface area contributed by atoms with Gasteiger partial charge >= 0.3 is 0 Å². The molecule has 1 heterocycles. The molecule has 0 saturated carbocycles. The van der Waals surface area contributed by atoms with Crippen molar-refractivity contribution in [2.24, 2.45) is 7.05 Å². The third-order valence-corrected chi connectivity index (χ3v) is 1.59. The van der Waals surface area contributed by atoms with Crippen LogP contribution < -0.4 is 9.67 Å². The van der Waals surface area contributed by atoms with Gasteiger partial charge in [0.05, 0.1) is 0 Å². The maximum Gasteiger partial charge on any atom is 0.168 e. The molecule has 0 spiro atoms. The van der Waals surface area contributed by atoms with Gasteiger partial charge < -0.3 is 9.90 Å². The smallest absolute Gasteiger partial charge is 0.168 e. The molecule has 0 radical (unpaired) electrons. The molecular formula is C11H17NO2. The van der Waals surface area contributed by atoms with Crippen LogP contribution >= 0.6 is 0 Å². The highest BCUT2D eigenvalue weighted by Gasteiger charge is 1.92. The molecule has 1 aromatic rings. The molecule has 0 aliphatic carbocycles.